The maximum absolute atomic E-state index is 12.0. The van der Waals surface area contributed by atoms with Crippen molar-refractivity contribution in [1.82, 2.24) is 0 Å². The van der Waals surface area contributed by atoms with E-state index in [2.05, 4.69) is 27.7 Å². The lowest BCUT2D eigenvalue weighted by atomic mass is 10.0. The van der Waals surface area contributed by atoms with Gasteiger partial charge in [-0.15, -0.1) is 0 Å². The molecule has 38 heavy (non-hydrogen) atoms. The quantitative estimate of drug-likeness (QED) is 0.0790. The predicted molar refractivity (Wildman–Crippen MR) is 159 cm³/mol. The average molecular weight is 541 g/mol. The van der Waals surface area contributed by atoms with Gasteiger partial charge in [0.2, 0.25) is 0 Å². The van der Waals surface area contributed by atoms with Crippen LogP contribution in [0.15, 0.2) is 0 Å². The molecule has 0 bridgehead atoms. The van der Waals surface area contributed by atoms with E-state index in [1.54, 1.807) is 0 Å². The Hall–Kier alpha value is -1.10. The van der Waals surface area contributed by atoms with Crippen LogP contribution in [0.3, 0.4) is 0 Å². The zero-order valence-corrected chi connectivity index (χ0v) is 25.8. The normalized spacial score (nSPS) is 12.3. The summed E-state index contributed by atoms with van der Waals surface area (Å²) in [6.45, 7) is 8.74. The second-order valence-electron chi connectivity index (χ2n) is 12.2. The topological polar surface area (TPSA) is 72.8 Å². The van der Waals surface area contributed by atoms with Crippen LogP contribution in [0.1, 0.15) is 169 Å². The number of carbonyl (C=O) groups is 2. The van der Waals surface area contributed by atoms with Crippen molar-refractivity contribution in [3.8, 4) is 0 Å². The summed E-state index contributed by atoms with van der Waals surface area (Å²) in [5.41, 5.74) is 0. The van der Waals surface area contributed by atoms with Crippen LogP contribution >= 0.6 is 0 Å². The molecule has 0 aromatic carbocycles. The molecule has 0 aliphatic heterocycles. The summed E-state index contributed by atoms with van der Waals surface area (Å²) in [7, 11) is 0. The Balaban J connectivity index is 3.54. The van der Waals surface area contributed by atoms with Gasteiger partial charge in [0.05, 0.1) is 6.61 Å². The van der Waals surface area contributed by atoms with Gasteiger partial charge in [-0.1, -0.05) is 143 Å². The van der Waals surface area contributed by atoms with Gasteiger partial charge >= 0.3 is 11.9 Å². The lowest BCUT2D eigenvalue weighted by molar-refractivity contribution is -0.161. The number of hydrogen-bond donors (Lipinski definition) is 1. The zero-order valence-electron chi connectivity index (χ0n) is 25.8. The van der Waals surface area contributed by atoms with Crippen molar-refractivity contribution in [2.24, 2.45) is 11.8 Å². The summed E-state index contributed by atoms with van der Waals surface area (Å²) in [6.07, 6.45) is 24.6. The Morgan fingerprint density at radius 3 is 1.24 bits per heavy atom. The number of carbonyl (C=O) groups excluding carboxylic acids is 2. The average Bonchev–Trinajstić information content (AvgIpc) is 2.87. The summed E-state index contributed by atoms with van der Waals surface area (Å²) >= 11 is 0. The van der Waals surface area contributed by atoms with Crippen LogP contribution in [-0.2, 0) is 19.1 Å². The highest BCUT2D eigenvalue weighted by molar-refractivity contribution is 5.70. The van der Waals surface area contributed by atoms with Crippen molar-refractivity contribution in [1.29, 1.82) is 0 Å². The molecule has 0 heterocycles. The number of rotatable bonds is 28. The number of aliphatic hydroxyl groups is 1. The van der Waals surface area contributed by atoms with Crippen LogP contribution in [0, 0.1) is 11.8 Å². The SMILES string of the molecule is CC(C)CCCCCCCCCCCCCCC(=O)OC[C@H](CO)OC(=O)CCCCCCCCC(C)C. The Morgan fingerprint density at radius 2 is 0.868 bits per heavy atom. The van der Waals surface area contributed by atoms with E-state index in [0.29, 0.717) is 12.8 Å². The predicted octanol–water partition coefficient (Wildman–Crippen LogP) is 9.33. The molecule has 0 spiro atoms. The van der Waals surface area contributed by atoms with Gasteiger partial charge in [0, 0.05) is 12.8 Å². The van der Waals surface area contributed by atoms with Crippen molar-refractivity contribution in [3.63, 3.8) is 0 Å². The lowest BCUT2D eigenvalue weighted by Gasteiger charge is -2.15. The largest absolute Gasteiger partial charge is 0.462 e. The minimum Gasteiger partial charge on any atom is -0.462 e. The molecule has 0 saturated carbocycles. The van der Waals surface area contributed by atoms with Crippen molar-refractivity contribution in [2.45, 2.75) is 175 Å². The van der Waals surface area contributed by atoms with Gasteiger partial charge < -0.3 is 14.6 Å². The molecule has 0 radical (unpaired) electrons. The fourth-order valence-electron chi connectivity index (χ4n) is 4.75. The van der Waals surface area contributed by atoms with E-state index in [9.17, 15) is 14.7 Å². The Kier molecular flexibility index (Phi) is 26.7. The van der Waals surface area contributed by atoms with Crippen molar-refractivity contribution >= 4 is 11.9 Å². The first kappa shape index (κ1) is 36.9. The number of aliphatic hydroxyl groups excluding tert-OH is 1. The molecule has 5 nitrogen and oxygen atoms in total. The molecule has 0 amide bonds. The van der Waals surface area contributed by atoms with Crippen molar-refractivity contribution in [2.75, 3.05) is 13.2 Å². The first-order valence-electron chi connectivity index (χ1n) is 16.3. The number of ether oxygens (including phenoxy) is 2. The third-order valence-electron chi connectivity index (χ3n) is 7.26. The molecular formula is C33H64O5. The fourth-order valence-corrected chi connectivity index (χ4v) is 4.75. The van der Waals surface area contributed by atoms with Gasteiger partial charge in [-0.05, 0) is 24.7 Å². The van der Waals surface area contributed by atoms with Crippen LogP contribution in [0.5, 0.6) is 0 Å². The Labute approximate surface area is 236 Å². The first-order valence-corrected chi connectivity index (χ1v) is 16.3. The highest BCUT2D eigenvalue weighted by Crippen LogP contribution is 2.15. The first-order chi connectivity index (χ1) is 18.3. The Bertz CT molecular complexity index is 531. The minimum absolute atomic E-state index is 0.0609. The van der Waals surface area contributed by atoms with E-state index in [1.165, 1.54) is 89.9 Å². The van der Waals surface area contributed by atoms with Gasteiger partial charge in [-0.2, -0.15) is 0 Å². The third kappa shape index (κ3) is 27.9. The van der Waals surface area contributed by atoms with E-state index >= 15 is 0 Å². The molecule has 1 N–H and O–H groups in total. The second-order valence-corrected chi connectivity index (χ2v) is 12.2. The molecule has 226 valence electrons. The maximum Gasteiger partial charge on any atom is 0.306 e. The van der Waals surface area contributed by atoms with Crippen molar-refractivity contribution in [3.05, 3.63) is 0 Å². The molecule has 0 aliphatic carbocycles. The highest BCUT2D eigenvalue weighted by atomic mass is 16.6. The standard InChI is InChI=1S/C33H64O5/c1-29(2)23-19-15-11-9-7-5-6-8-10-12-17-21-25-32(35)37-28-31(27-34)38-33(36)26-22-18-14-13-16-20-24-30(3)4/h29-31,34H,5-28H2,1-4H3/t31-/m0/s1. The van der Waals surface area contributed by atoms with E-state index < -0.39 is 6.10 Å². The van der Waals surface area contributed by atoms with E-state index in [0.717, 1.165) is 50.4 Å². The summed E-state index contributed by atoms with van der Waals surface area (Å²) in [6, 6.07) is 0. The molecule has 0 aliphatic rings. The number of unbranched alkanes of at least 4 members (excludes halogenated alkanes) is 16. The van der Waals surface area contributed by atoms with Gasteiger partial charge in [0.1, 0.15) is 6.61 Å². The molecule has 0 rings (SSSR count). The summed E-state index contributed by atoms with van der Waals surface area (Å²) < 4.78 is 10.5. The highest BCUT2D eigenvalue weighted by Gasteiger charge is 2.16. The molecular weight excluding hydrogens is 476 g/mol. The van der Waals surface area contributed by atoms with Gasteiger partial charge in [0.15, 0.2) is 6.10 Å². The second kappa shape index (κ2) is 27.5. The van der Waals surface area contributed by atoms with Crippen LogP contribution in [0.2, 0.25) is 0 Å². The maximum atomic E-state index is 12.0. The van der Waals surface area contributed by atoms with Crippen LogP contribution in [-0.4, -0.2) is 36.4 Å². The molecule has 5 heteroatoms. The Morgan fingerprint density at radius 1 is 0.526 bits per heavy atom. The molecule has 0 fully saturated rings. The molecule has 0 unspecified atom stereocenters. The summed E-state index contributed by atoms with van der Waals surface area (Å²) in [4.78, 5) is 24.0. The molecule has 1 atom stereocenters. The smallest absolute Gasteiger partial charge is 0.306 e. The fraction of sp³-hybridized carbons (Fsp3) is 0.939. The van der Waals surface area contributed by atoms with E-state index in [-0.39, 0.29) is 25.2 Å². The van der Waals surface area contributed by atoms with Crippen LogP contribution in [0.25, 0.3) is 0 Å². The van der Waals surface area contributed by atoms with E-state index in [4.69, 9.17) is 9.47 Å². The molecule has 0 saturated heterocycles. The third-order valence-corrected chi connectivity index (χ3v) is 7.26. The lowest BCUT2D eigenvalue weighted by Crippen LogP contribution is -2.28. The van der Waals surface area contributed by atoms with Crippen molar-refractivity contribution < 1.29 is 24.2 Å². The minimum atomic E-state index is -0.762. The van der Waals surface area contributed by atoms with Crippen LogP contribution < -0.4 is 0 Å². The molecule has 0 aromatic rings. The van der Waals surface area contributed by atoms with Crippen LogP contribution in [0.4, 0.5) is 0 Å². The molecule has 0 aromatic heterocycles. The zero-order chi connectivity index (χ0) is 28.3. The summed E-state index contributed by atoms with van der Waals surface area (Å²) in [5, 5.41) is 9.47. The van der Waals surface area contributed by atoms with E-state index in [1.807, 2.05) is 0 Å². The summed E-state index contributed by atoms with van der Waals surface area (Å²) in [5.74, 6) is 1.03. The van der Waals surface area contributed by atoms with Gasteiger partial charge in [-0.25, -0.2) is 0 Å². The van der Waals surface area contributed by atoms with Gasteiger partial charge in [0.25, 0.3) is 0 Å². The van der Waals surface area contributed by atoms with Gasteiger partial charge in [-0.3, -0.25) is 9.59 Å². The monoisotopic (exact) mass is 540 g/mol. The number of esters is 2. The number of hydrogen-bond acceptors (Lipinski definition) is 5.